The number of aryl methyl sites for hydroxylation is 1. The summed E-state index contributed by atoms with van der Waals surface area (Å²) in [6, 6.07) is 16.5. The summed E-state index contributed by atoms with van der Waals surface area (Å²) in [4.78, 5) is 15.7. The van der Waals surface area contributed by atoms with Crippen molar-refractivity contribution < 1.29 is 9.90 Å². The van der Waals surface area contributed by atoms with Crippen molar-refractivity contribution in [3.8, 4) is 5.75 Å². The fraction of sp³-hybridized carbons (Fsp3) is 0.552. The zero-order chi connectivity index (χ0) is 23.6. The van der Waals surface area contributed by atoms with Crippen LogP contribution in [0.15, 0.2) is 48.5 Å². The Labute approximate surface area is 199 Å². The molecule has 2 aliphatic rings. The molecule has 1 heterocycles. The van der Waals surface area contributed by atoms with Crippen LogP contribution in [0, 0.1) is 17.8 Å². The van der Waals surface area contributed by atoms with Crippen LogP contribution in [0.4, 0.5) is 0 Å². The van der Waals surface area contributed by atoms with E-state index in [2.05, 4.69) is 68.2 Å². The van der Waals surface area contributed by atoms with Gasteiger partial charge in [-0.25, -0.2) is 0 Å². The van der Waals surface area contributed by atoms with Gasteiger partial charge < -0.3 is 15.3 Å². The van der Waals surface area contributed by atoms with Gasteiger partial charge in [0.05, 0.1) is 0 Å². The van der Waals surface area contributed by atoms with Gasteiger partial charge in [0, 0.05) is 25.0 Å². The van der Waals surface area contributed by atoms with Crippen LogP contribution < -0.4 is 5.32 Å². The van der Waals surface area contributed by atoms with Crippen LogP contribution in [-0.4, -0.2) is 41.6 Å². The third-order valence-corrected chi connectivity index (χ3v) is 8.38. The predicted octanol–water partition coefficient (Wildman–Crippen LogP) is 4.94. The molecule has 2 aromatic carbocycles. The molecular weight excluding hydrogens is 408 g/mol. The Bertz CT molecular complexity index is 972. The highest BCUT2D eigenvalue weighted by molar-refractivity contribution is 5.79. The molecular formula is C29H40N2O2. The minimum absolute atomic E-state index is 0.0568. The zero-order valence-electron chi connectivity index (χ0n) is 20.7. The summed E-state index contributed by atoms with van der Waals surface area (Å²) in [6.45, 7) is 12.0. The summed E-state index contributed by atoms with van der Waals surface area (Å²) in [5.41, 5.74) is 4.02. The quantitative estimate of drug-likeness (QED) is 0.658. The van der Waals surface area contributed by atoms with E-state index in [1.807, 2.05) is 12.1 Å². The van der Waals surface area contributed by atoms with E-state index in [0.717, 1.165) is 45.3 Å². The van der Waals surface area contributed by atoms with Gasteiger partial charge in [-0.1, -0.05) is 64.1 Å². The number of aromatic hydroxyl groups is 1. The highest BCUT2D eigenvalue weighted by atomic mass is 16.3. The standard InChI is InChI=1S/C29H40N2O2/c1-20(2)27(30-28(33)24-13-12-22-8-5-6-9-23(22)16-24)19-31-15-14-29(4,21(3)18-31)25-10-7-11-26(32)17-25/h5-11,17,20-21,24,27,32H,12-16,18-19H2,1-4H3,(H,30,33)/t21-,24+,27+,29+/m0/s1. The van der Waals surface area contributed by atoms with Gasteiger partial charge in [-0.15, -0.1) is 0 Å². The third kappa shape index (κ3) is 5.27. The highest BCUT2D eigenvalue weighted by Gasteiger charge is 2.39. The number of carbonyl (C=O) groups excluding carboxylic acids is 1. The number of piperidine rings is 1. The van der Waals surface area contributed by atoms with E-state index in [1.165, 1.54) is 16.7 Å². The van der Waals surface area contributed by atoms with E-state index < -0.39 is 0 Å². The summed E-state index contributed by atoms with van der Waals surface area (Å²) in [7, 11) is 0. The SMILES string of the molecule is CC(C)[C@@H](CN1CC[C@@](C)(c2cccc(O)c2)[C@@H](C)C1)NC(=O)[C@@H]1CCc2ccccc2C1. The van der Waals surface area contributed by atoms with Crippen LogP contribution in [0.1, 0.15) is 57.2 Å². The number of hydrogen-bond acceptors (Lipinski definition) is 3. The van der Waals surface area contributed by atoms with Crippen molar-refractivity contribution in [3.63, 3.8) is 0 Å². The molecule has 178 valence electrons. The zero-order valence-corrected chi connectivity index (χ0v) is 20.7. The van der Waals surface area contributed by atoms with Gasteiger partial charge in [0.25, 0.3) is 0 Å². The first-order chi connectivity index (χ1) is 15.8. The fourth-order valence-corrected chi connectivity index (χ4v) is 5.70. The van der Waals surface area contributed by atoms with Crippen LogP contribution in [0.25, 0.3) is 0 Å². The first-order valence-corrected chi connectivity index (χ1v) is 12.7. The van der Waals surface area contributed by atoms with Gasteiger partial charge in [-0.2, -0.15) is 0 Å². The molecule has 0 bridgehead atoms. The molecule has 4 rings (SSSR count). The average Bonchev–Trinajstić information content (AvgIpc) is 2.80. The lowest BCUT2D eigenvalue weighted by atomic mass is 9.68. The first kappa shape index (κ1) is 23.8. The highest BCUT2D eigenvalue weighted by Crippen LogP contribution is 2.40. The minimum atomic E-state index is 0.0568. The maximum atomic E-state index is 13.2. The molecule has 1 aliphatic carbocycles. The topological polar surface area (TPSA) is 52.6 Å². The number of nitrogens with one attached hydrogen (secondary N) is 1. The van der Waals surface area contributed by atoms with Crippen molar-refractivity contribution in [2.45, 2.75) is 64.8 Å². The number of fused-ring (bicyclic) bond motifs is 1. The lowest BCUT2D eigenvalue weighted by molar-refractivity contribution is -0.126. The molecule has 1 amide bonds. The van der Waals surface area contributed by atoms with Gasteiger partial charge >= 0.3 is 0 Å². The van der Waals surface area contributed by atoms with Crippen molar-refractivity contribution in [1.29, 1.82) is 0 Å². The molecule has 1 saturated heterocycles. The number of likely N-dealkylation sites (tertiary alicyclic amines) is 1. The summed E-state index contributed by atoms with van der Waals surface area (Å²) < 4.78 is 0. The lowest BCUT2D eigenvalue weighted by Crippen LogP contribution is -2.54. The maximum absolute atomic E-state index is 13.2. The molecule has 0 saturated carbocycles. The fourth-order valence-electron chi connectivity index (χ4n) is 5.70. The Morgan fingerprint density at radius 1 is 1.18 bits per heavy atom. The second kappa shape index (κ2) is 9.89. The van der Waals surface area contributed by atoms with E-state index >= 15 is 0 Å². The van der Waals surface area contributed by atoms with Crippen LogP contribution in [-0.2, 0) is 23.1 Å². The summed E-state index contributed by atoms with van der Waals surface area (Å²) in [6.07, 6.45) is 3.85. The normalized spacial score (nSPS) is 26.6. The van der Waals surface area contributed by atoms with Crippen molar-refractivity contribution in [3.05, 3.63) is 65.2 Å². The molecule has 33 heavy (non-hydrogen) atoms. The second-order valence-electron chi connectivity index (χ2n) is 10.9. The van der Waals surface area contributed by atoms with E-state index in [1.54, 1.807) is 6.07 Å². The molecule has 0 aromatic heterocycles. The molecule has 1 fully saturated rings. The van der Waals surface area contributed by atoms with E-state index in [9.17, 15) is 9.90 Å². The number of nitrogens with zero attached hydrogens (tertiary/aromatic N) is 1. The first-order valence-electron chi connectivity index (χ1n) is 12.7. The molecule has 4 heteroatoms. The maximum Gasteiger partial charge on any atom is 0.223 e. The van der Waals surface area contributed by atoms with Crippen LogP contribution in [0.3, 0.4) is 0 Å². The smallest absolute Gasteiger partial charge is 0.223 e. The number of phenols is 1. The third-order valence-electron chi connectivity index (χ3n) is 8.38. The van der Waals surface area contributed by atoms with Gasteiger partial charge in [0.2, 0.25) is 5.91 Å². The summed E-state index contributed by atoms with van der Waals surface area (Å²) in [5.74, 6) is 1.50. The Morgan fingerprint density at radius 2 is 1.94 bits per heavy atom. The minimum Gasteiger partial charge on any atom is -0.508 e. The number of benzene rings is 2. The van der Waals surface area contributed by atoms with Crippen molar-refractivity contribution in [2.75, 3.05) is 19.6 Å². The largest absolute Gasteiger partial charge is 0.508 e. The summed E-state index contributed by atoms with van der Waals surface area (Å²) in [5, 5.41) is 13.4. The average molecular weight is 449 g/mol. The monoisotopic (exact) mass is 448 g/mol. The molecule has 2 aromatic rings. The number of rotatable bonds is 6. The van der Waals surface area contributed by atoms with E-state index in [4.69, 9.17) is 0 Å². The van der Waals surface area contributed by atoms with E-state index in [0.29, 0.717) is 17.6 Å². The van der Waals surface area contributed by atoms with Gasteiger partial charge in [0.15, 0.2) is 0 Å². The van der Waals surface area contributed by atoms with Crippen molar-refractivity contribution in [2.24, 2.45) is 17.8 Å². The lowest BCUT2D eigenvalue weighted by Gasteiger charge is -2.46. The second-order valence-corrected chi connectivity index (χ2v) is 10.9. The molecule has 0 radical (unpaired) electrons. The van der Waals surface area contributed by atoms with Crippen LogP contribution in [0.5, 0.6) is 5.75 Å². The summed E-state index contributed by atoms with van der Waals surface area (Å²) >= 11 is 0. The number of amides is 1. The van der Waals surface area contributed by atoms with Crippen LogP contribution in [0.2, 0.25) is 0 Å². The van der Waals surface area contributed by atoms with Crippen molar-refractivity contribution in [1.82, 2.24) is 10.2 Å². The van der Waals surface area contributed by atoms with Crippen LogP contribution >= 0.6 is 0 Å². The van der Waals surface area contributed by atoms with Gasteiger partial charge in [-0.3, -0.25) is 4.79 Å². The molecule has 4 atom stereocenters. The number of hydrogen-bond donors (Lipinski definition) is 2. The number of phenolic OH excluding ortho intramolecular Hbond substituents is 1. The van der Waals surface area contributed by atoms with Gasteiger partial charge in [-0.05, 0) is 78.3 Å². The molecule has 0 unspecified atom stereocenters. The van der Waals surface area contributed by atoms with Crippen molar-refractivity contribution >= 4 is 5.91 Å². The Morgan fingerprint density at radius 3 is 2.64 bits per heavy atom. The molecule has 1 aliphatic heterocycles. The van der Waals surface area contributed by atoms with Gasteiger partial charge in [0.1, 0.15) is 5.75 Å². The Hall–Kier alpha value is -2.33. The van der Waals surface area contributed by atoms with E-state index in [-0.39, 0.29) is 23.3 Å². The molecule has 0 spiro atoms. The predicted molar refractivity (Wildman–Crippen MR) is 134 cm³/mol. The Kier molecular flexibility index (Phi) is 7.13. The molecule has 4 nitrogen and oxygen atoms in total. The molecule has 2 N–H and O–H groups in total. The number of carbonyl (C=O) groups is 1. The Balaban J connectivity index is 1.36.